The van der Waals surface area contributed by atoms with Crippen LogP contribution in [-0.4, -0.2) is 5.88 Å². The van der Waals surface area contributed by atoms with Crippen molar-refractivity contribution >= 4 is 11.6 Å². The Hall–Kier alpha value is -1.67. The molecule has 2 aromatic rings. The number of hydrogen-bond donors (Lipinski definition) is 0. The van der Waals surface area contributed by atoms with Crippen molar-refractivity contribution in [2.24, 2.45) is 0 Å². The van der Waals surface area contributed by atoms with E-state index in [-0.39, 0.29) is 5.88 Å². The first-order chi connectivity index (χ1) is 8.34. The number of para-hydroxylation sites is 2. The summed E-state index contributed by atoms with van der Waals surface area (Å²) in [6.07, 6.45) is 0. The van der Waals surface area contributed by atoms with Crippen LogP contribution in [0.2, 0.25) is 0 Å². The SMILES string of the molecule is ClCC1(c2ccccc2)Oc2ccccc2O1. The molecule has 0 spiro atoms. The minimum Gasteiger partial charge on any atom is -0.443 e. The maximum atomic E-state index is 6.04. The summed E-state index contributed by atoms with van der Waals surface area (Å²) in [5.41, 5.74) is 0.922. The molecule has 0 amide bonds. The summed E-state index contributed by atoms with van der Waals surface area (Å²) in [5.74, 6) is 0.812. The van der Waals surface area contributed by atoms with E-state index in [1.54, 1.807) is 0 Å². The molecular formula is C14H11ClO2. The second-order valence-electron chi connectivity index (χ2n) is 3.90. The molecule has 86 valence electrons. The lowest BCUT2D eigenvalue weighted by Gasteiger charge is -2.25. The van der Waals surface area contributed by atoms with E-state index in [1.165, 1.54) is 0 Å². The molecule has 1 aliphatic heterocycles. The maximum Gasteiger partial charge on any atom is 0.291 e. The predicted molar refractivity (Wildman–Crippen MR) is 66.5 cm³/mol. The van der Waals surface area contributed by atoms with Crippen molar-refractivity contribution in [1.82, 2.24) is 0 Å². The largest absolute Gasteiger partial charge is 0.443 e. The van der Waals surface area contributed by atoms with Crippen LogP contribution in [0.5, 0.6) is 11.5 Å². The van der Waals surface area contributed by atoms with Crippen LogP contribution in [0.15, 0.2) is 54.6 Å². The van der Waals surface area contributed by atoms with E-state index in [2.05, 4.69) is 0 Å². The third kappa shape index (κ3) is 1.65. The van der Waals surface area contributed by atoms with E-state index in [0.717, 1.165) is 17.1 Å². The average molecular weight is 247 g/mol. The molecule has 0 radical (unpaired) electrons. The molecular weight excluding hydrogens is 236 g/mol. The Balaban J connectivity index is 2.03. The number of hydrogen-bond acceptors (Lipinski definition) is 2. The van der Waals surface area contributed by atoms with Gasteiger partial charge in [-0.3, -0.25) is 0 Å². The maximum absolute atomic E-state index is 6.04. The second-order valence-corrected chi connectivity index (χ2v) is 4.17. The Morgan fingerprint density at radius 3 is 1.88 bits per heavy atom. The van der Waals surface area contributed by atoms with E-state index < -0.39 is 5.79 Å². The fourth-order valence-electron chi connectivity index (χ4n) is 1.94. The summed E-state index contributed by atoms with van der Waals surface area (Å²) in [4.78, 5) is 0. The predicted octanol–water partition coefficient (Wildman–Crippen LogP) is 3.55. The molecule has 0 fully saturated rings. The molecule has 17 heavy (non-hydrogen) atoms. The molecule has 0 bridgehead atoms. The summed E-state index contributed by atoms with van der Waals surface area (Å²) in [6.45, 7) is 0. The zero-order valence-electron chi connectivity index (χ0n) is 9.10. The molecule has 0 saturated carbocycles. The fraction of sp³-hybridized carbons (Fsp3) is 0.143. The van der Waals surface area contributed by atoms with Gasteiger partial charge in [0.1, 0.15) is 5.88 Å². The lowest BCUT2D eigenvalue weighted by atomic mass is 10.1. The average Bonchev–Trinajstić information content (AvgIpc) is 2.79. The van der Waals surface area contributed by atoms with Crippen LogP contribution in [-0.2, 0) is 5.79 Å². The van der Waals surface area contributed by atoms with Crippen LogP contribution >= 0.6 is 11.6 Å². The lowest BCUT2D eigenvalue weighted by Crippen LogP contribution is -2.37. The molecule has 2 nitrogen and oxygen atoms in total. The fourth-order valence-corrected chi connectivity index (χ4v) is 2.20. The molecule has 1 aliphatic rings. The minimum atomic E-state index is -0.896. The molecule has 0 N–H and O–H groups in total. The third-order valence-corrected chi connectivity index (χ3v) is 3.14. The van der Waals surface area contributed by atoms with Crippen molar-refractivity contribution in [3.8, 4) is 11.5 Å². The van der Waals surface area contributed by atoms with Crippen molar-refractivity contribution in [1.29, 1.82) is 0 Å². The number of rotatable bonds is 2. The van der Waals surface area contributed by atoms with Crippen LogP contribution < -0.4 is 9.47 Å². The summed E-state index contributed by atoms with van der Waals surface area (Å²) in [5, 5.41) is 0. The van der Waals surface area contributed by atoms with E-state index >= 15 is 0 Å². The molecule has 0 unspecified atom stereocenters. The minimum absolute atomic E-state index is 0.242. The molecule has 2 aromatic carbocycles. The highest BCUT2D eigenvalue weighted by molar-refractivity contribution is 6.18. The Labute approximate surface area is 105 Å². The Morgan fingerprint density at radius 2 is 1.35 bits per heavy atom. The summed E-state index contributed by atoms with van der Waals surface area (Å²) in [7, 11) is 0. The van der Waals surface area contributed by atoms with Gasteiger partial charge in [-0.25, -0.2) is 0 Å². The first-order valence-corrected chi connectivity index (χ1v) is 5.96. The monoisotopic (exact) mass is 246 g/mol. The number of halogens is 1. The van der Waals surface area contributed by atoms with Gasteiger partial charge in [-0.15, -0.1) is 11.6 Å². The third-order valence-electron chi connectivity index (χ3n) is 2.79. The zero-order valence-corrected chi connectivity index (χ0v) is 9.85. The van der Waals surface area contributed by atoms with Crippen LogP contribution in [0, 0.1) is 0 Å². The van der Waals surface area contributed by atoms with E-state index in [1.807, 2.05) is 54.6 Å². The molecule has 0 aliphatic carbocycles. The highest BCUT2D eigenvalue weighted by Crippen LogP contribution is 2.44. The zero-order chi connectivity index (χ0) is 11.7. The van der Waals surface area contributed by atoms with Gasteiger partial charge < -0.3 is 9.47 Å². The Morgan fingerprint density at radius 1 is 0.824 bits per heavy atom. The van der Waals surface area contributed by atoms with Gasteiger partial charge in [0.05, 0.1) is 0 Å². The number of fused-ring (bicyclic) bond motifs is 1. The molecule has 3 heteroatoms. The van der Waals surface area contributed by atoms with Gasteiger partial charge in [0.25, 0.3) is 5.79 Å². The number of benzene rings is 2. The van der Waals surface area contributed by atoms with Crippen LogP contribution in [0.25, 0.3) is 0 Å². The Bertz CT molecular complexity index is 500. The van der Waals surface area contributed by atoms with Crippen molar-refractivity contribution in [3.05, 3.63) is 60.2 Å². The molecule has 0 atom stereocenters. The first-order valence-electron chi connectivity index (χ1n) is 5.43. The highest BCUT2D eigenvalue weighted by atomic mass is 35.5. The smallest absolute Gasteiger partial charge is 0.291 e. The van der Waals surface area contributed by atoms with Crippen LogP contribution in [0.3, 0.4) is 0 Å². The summed E-state index contributed by atoms with van der Waals surface area (Å²) >= 11 is 6.04. The van der Waals surface area contributed by atoms with Crippen molar-refractivity contribution in [2.45, 2.75) is 5.79 Å². The number of alkyl halides is 1. The standard InChI is InChI=1S/C14H11ClO2/c15-10-14(11-6-2-1-3-7-11)16-12-8-4-5-9-13(12)17-14/h1-9H,10H2. The van der Waals surface area contributed by atoms with Gasteiger partial charge in [-0.05, 0) is 12.1 Å². The van der Waals surface area contributed by atoms with Gasteiger partial charge in [-0.2, -0.15) is 0 Å². The van der Waals surface area contributed by atoms with Gasteiger partial charge in [0, 0.05) is 5.56 Å². The van der Waals surface area contributed by atoms with Crippen molar-refractivity contribution in [2.75, 3.05) is 5.88 Å². The van der Waals surface area contributed by atoms with Crippen LogP contribution in [0.4, 0.5) is 0 Å². The summed E-state index contributed by atoms with van der Waals surface area (Å²) in [6, 6.07) is 17.3. The van der Waals surface area contributed by atoms with Gasteiger partial charge in [0.2, 0.25) is 0 Å². The molecule has 0 saturated heterocycles. The van der Waals surface area contributed by atoms with E-state index in [4.69, 9.17) is 21.1 Å². The molecule has 3 rings (SSSR count). The van der Waals surface area contributed by atoms with E-state index in [0.29, 0.717) is 0 Å². The number of ether oxygens (including phenoxy) is 2. The second kappa shape index (κ2) is 3.97. The lowest BCUT2D eigenvalue weighted by molar-refractivity contribution is -0.0644. The quantitative estimate of drug-likeness (QED) is 0.755. The first kappa shape index (κ1) is 10.5. The van der Waals surface area contributed by atoms with Gasteiger partial charge in [0.15, 0.2) is 11.5 Å². The van der Waals surface area contributed by atoms with Gasteiger partial charge in [-0.1, -0.05) is 42.5 Å². The van der Waals surface area contributed by atoms with E-state index in [9.17, 15) is 0 Å². The topological polar surface area (TPSA) is 18.5 Å². The Kier molecular flexibility index (Phi) is 2.45. The molecule has 0 aromatic heterocycles. The molecule has 1 heterocycles. The highest BCUT2D eigenvalue weighted by Gasteiger charge is 2.42. The van der Waals surface area contributed by atoms with Crippen molar-refractivity contribution < 1.29 is 9.47 Å². The summed E-state index contributed by atoms with van der Waals surface area (Å²) < 4.78 is 11.8. The van der Waals surface area contributed by atoms with Gasteiger partial charge >= 0.3 is 0 Å². The van der Waals surface area contributed by atoms with Crippen LogP contribution in [0.1, 0.15) is 5.56 Å². The normalized spacial score (nSPS) is 15.8. The van der Waals surface area contributed by atoms with Crippen molar-refractivity contribution in [3.63, 3.8) is 0 Å².